The van der Waals surface area contributed by atoms with Crippen molar-refractivity contribution in [3.8, 4) is 0 Å². The zero-order valence-corrected chi connectivity index (χ0v) is 22.9. The second-order valence-corrected chi connectivity index (χ2v) is 10.7. The highest BCUT2D eigenvalue weighted by atomic mass is 19.1. The maximum absolute atomic E-state index is 13.6. The molecule has 1 aliphatic rings. The molecular weight excluding hydrogens is 505 g/mol. The first-order valence-electron chi connectivity index (χ1n) is 13.6. The van der Waals surface area contributed by atoms with Crippen LogP contribution in [0.5, 0.6) is 0 Å². The number of aromatic nitrogens is 5. The summed E-state index contributed by atoms with van der Waals surface area (Å²) in [4.78, 5) is 21.3. The Kier molecular flexibility index (Phi) is 6.89. The van der Waals surface area contributed by atoms with Gasteiger partial charge in [-0.2, -0.15) is 0 Å². The Morgan fingerprint density at radius 3 is 2.40 bits per heavy atom. The molecule has 1 aliphatic heterocycles. The summed E-state index contributed by atoms with van der Waals surface area (Å²) in [6.45, 7) is 9.74. The molecule has 0 bridgehead atoms. The summed E-state index contributed by atoms with van der Waals surface area (Å²) >= 11 is 0. The number of halogens is 1. The largest absolute Gasteiger partial charge is 0.369 e. The fourth-order valence-corrected chi connectivity index (χ4v) is 5.61. The molecule has 5 aromatic rings. The molecule has 3 aromatic carbocycles. The molecule has 0 spiro atoms. The highest BCUT2D eigenvalue weighted by Gasteiger charge is 2.33. The molecular formula is C31H32FN7O. The number of tetrazole rings is 1. The minimum Gasteiger partial charge on any atom is -0.369 e. The van der Waals surface area contributed by atoms with Crippen LogP contribution < -0.4 is 10.5 Å². The van der Waals surface area contributed by atoms with E-state index in [1.807, 2.05) is 25.1 Å². The maximum atomic E-state index is 13.6. The Bertz CT molecular complexity index is 1720. The van der Waals surface area contributed by atoms with E-state index < -0.39 is 6.04 Å². The molecule has 0 unspecified atom stereocenters. The molecule has 3 heterocycles. The number of aromatic amines is 1. The zero-order valence-electron chi connectivity index (χ0n) is 22.9. The fourth-order valence-electron chi connectivity index (χ4n) is 5.61. The highest BCUT2D eigenvalue weighted by molar-refractivity contribution is 5.79. The van der Waals surface area contributed by atoms with Crippen LogP contribution in [-0.4, -0.2) is 56.3 Å². The Morgan fingerprint density at radius 1 is 0.900 bits per heavy atom. The maximum Gasteiger partial charge on any atom is 0.253 e. The fraction of sp³-hybridized carbons (Fsp3) is 0.290. The van der Waals surface area contributed by atoms with E-state index in [0.717, 1.165) is 48.2 Å². The van der Waals surface area contributed by atoms with Gasteiger partial charge in [-0.15, -0.1) is 5.10 Å². The Labute approximate surface area is 232 Å². The molecule has 204 valence electrons. The van der Waals surface area contributed by atoms with E-state index in [1.165, 1.54) is 28.9 Å². The number of piperazine rings is 1. The number of nitrogens with one attached hydrogen (secondary N) is 1. The zero-order chi connectivity index (χ0) is 27.8. The van der Waals surface area contributed by atoms with Gasteiger partial charge in [0, 0.05) is 42.9 Å². The van der Waals surface area contributed by atoms with Gasteiger partial charge in [-0.3, -0.25) is 9.69 Å². The van der Waals surface area contributed by atoms with Gasteiger partial charge in [-0.25, -0.2) is 9.07 Å². The summed E-state index contributed by atoms with van der Waals surface area (Å²) in [5.74, 6) is 0.292. The van der Waals surface area contributed by atoms with E-state index in [1.54, 1.807) is 16.8 Å². The number of anilines is 1. The molecule has 40 heavy (non-hydrogen) atoms. The molecule has 9 heteroatoms. The summed E-state index contributed by atoms with van der Waals surface area (Å²) in [6.07, 6.45) is 0. The summed E-state index contributed by atoms with van der Waals surface area (Å²) in [5, 5.41) is 13.7. The van der Waals surface area contributed by atoms with Crippen LogP contribution in [0.2, 0.25) is 0 Å². The summed E-state index contributed by atoms with van der Waals surface area (Å²) in [5.41, 5.74) is 6.96. The summed E-state index contributed by atoms with van der Waals surface area (Å²) in [6, 6.07) is 20.4. The van der Waals surface area contributed by atoms with Gasteiger partial charge in [-0.1, -0.05) is 35.9 Å². The van der Waals surface area contributed by atoms with Crippen LogP contribution in [0.3, 0.4) is 0 Å². The molecule has 1 atom stereocenters. The lowest BCUT2D eigenvalue weighted by atomic mass is 10.0. The van der Waals surface area contributed by atoms with Crippen LogP contribution in [-0.2, 0) is 6.54 Å². The molecule has 0 radical (unpaired) electrons. The predicted molar refractivity (Wildman–Crippen MR) is 154 cm³/mol. The van der Waals surface area contributed by atoms with E-state index in [2.05, 4.69) is 68.4 Å². The van der Waals surface area contributed by atoms with Crippen molar-refractivity contribution in [2.75, 3.05) is 31.1 Å². The predicted octanol–water partition coefficient (Wildman–Crippen LogP) is 4.54. The minimum absolute atomic E-state index is 0.158. The number of H-pyrrole nitrogens is 1. The number of rotatable bonds is 6. The number of hydrogen-bond acceptors (Lipinski definition) is 6. The lowest BCUT2D eigenvalue weighted by Gasteiger charge is -2.40. The third kappa shape index (κ3) is 5.12. The molecule has 1 saturated heterocycles. The van der Waals surface area contributed by atoms with Crippen molar-refractivity contribution >= 4 is 16.6 Å². The van der Waals surface area contributed by atoms with Crippen LogP contribution >= 0.6 is 0 Å². The van der Waals surface area contributed by atoms with Crippen LogP contribution in [0, 0.1) is 26.6 Å². The van der Waals surface area contributed by atoms with E-state index in [9.17, 15) is 9.18 Å². The third-order valence-electron chi connectivity index (χ3n) is 7.76. The van der Waals surface area contributed by atoms with Crippen molar-refractivity contribution in [3.05, 3.63) is 117 Å². The first-order chi connectivity index (χ1) is 19.4. The molecule has 1 N–H and O–H groups in total. The average Bonchev–Trinajstić information content (AvgIpc) is 3.40. The quantitative estimate of drug-likeness (QED) is 0.343. The molecule has 8 nitrogen and oxygen atoms in total. The van der Waals surface area contributed by atoms with E-state index >= 15 is 0 Å². The van der Waals surface area contributed by atoms with Gasteiger partial charge < -0.3 is 9.88 Å². The molecule has 0 saturated carbocycles. The van der Waals surface area contributed by atoms with Crippen molar-refractivity contribution in [2.24, 2.45) is 0 Å². The topological polar surface area (TPSA) is 82.9 Å². The monoisotopic (exact) mass is 537 g/mol. The molecule has 2 aromatic heterocycles. The SMILES string of the molecule is Cc1ccc(C)c(N2CCN([C@H](c3cc4cc(C)ccc4[nH]c3=O)c3nnnn3Cc3ccc(F)cc3)CC2)c1. The summed E-state index contributed by atoms with van der Waals surface area (Å²) in [7, 11) is 0. The van der Waals surface area contributed by atoms with Crippen LogP contribution in [0.4, 0.5) is 10.1 Å². The highest BCUT2D eigenvalue weighted by Crippen LogP contribution is 2.30. The van der Waals surface area contributed by atoms with Gasteiger partial charge in [0.2, 0.25) is 0 Å². The number of aryl methyl sites for hydroxylation is 3. The average molecular weight is 538 g/mol. The van der Waals surface area contributed by atoms with Crippen LogP contribution in [0.25, 0.3) is 10.9 Å². The molecule has 0 aliphatic carbocycles. The van der Waals surface area contributed by atoms with Crippen LogP contribution in [0.15, 0.2) is 71.5 Å². The summed E-state index contributed by atoms with van der Waals surface area (Å²) < 4.78 is 15.3. The number of fused-ring (bicyclic) bond motifs is 1. The Hall–Kier alpha value is -4.37. The lowest BCUT2D eigenvalue weighted by molar-refractivity contribution is 0.200. The van der Waals surface area contributed by atoms with E-state index in [4.69, 9.17) is 0 Å². The Morgan fingerprint density at radius 2 is 1.62 bits per heavy atom. The van der Waals surface area contributed by atoms with Gasteiger partial charge in [0.05, 0.1) is 6.54 Å². The second kappa shape index (κ2) is 10.7. The lowest BCUT2D eigenvalue weighted by Crippen LogP contribution is -2.49. The first kappa shape index (κ1) is 25.9. The van der Waals surface area contributed by atoms with Crippen molar-refractivity contribution in [2.45, 2.75) is 33.4 Å². The van der Waals surface area contributed by atoms with Crippen LogP contribution in [0.1, 0.15) is 39.7 Å². The van der Waals surface area contributed by atoms with Crippen molar-refractivity contribution < 1.29 is 4.39 Å². The molecule has 0 amide bonds. The second-order valence-electron chi connectivity index (χ2n) is 10.7. The normalized spacial score (nSPS) is 15.1. The number of hydrogen-bond donors (Lipinski definition) is 1. The van der Waals surface area contributed by atoms with E-state index in [0.29, 0.717) is 17.9 Å². The molecule has 6 rings (SSSR count). The van der Waals surface area contributed by atoms with Gasteiger partial charge in [0.1, 0.15) is 11.9 Å². The third-order valence-corrected chi connectivity index (χ3v) is 7.76. The van der Waals surface area contributed by atoms with Crippen molar-refractivity contribution in [1.29, 1.82) is 0 Å². The van der Waals surface area contributed by atoms with Gasteiger partial charge in [0.15, 0.2) is 5.82 Å². The first-order valence-corrected chi connectivity index (χ1v) is 13.6. The Balaban J connectivity index is 1.39. The van der Waals surface area contributed by atoms with Gasteiger partial charge in [0.25, 0.3) is 5.56 Å². The number of pyridine rings is 1. The number of benzene rings is 3. The van der Waals surface area contributed by atoms with Crippen molar-refractivity contribution in [3.63, 3.8) is 0 Å². The number of nitrogens with zero attached hydrogens (tertiary/aromatic N) is 6. The molecule has 1 fully saturated rings. The van der Waals surface area contributed by atoms with Crippen molar-refractivity contribution in [1.82, 2.24) is 30.1 Å². The van der Waals surface area contributed by atoms with Gasteiger partial charge >= 0.3 is 0 Å². The minimum atomic E-state index is -0.454. The standard InChI is InChI=1S/C31H32FN7O/c1-20-5-11-27-24(16-20)18-26(31(40)33-27)29(30-34-35-36-39(30)19-23-7-9-25(32)10-8-23)38-14-12-37(13-15-38)28-17-21(2)4-6-22(28)3/h4-11,16-18,29H,12-15,19H2,1-3H3,(H,33,40)/t29-/m1/s1. The van der Waals surface area contributed by atoms with Gasteiger partial charge in [-0.05, 0) is 89.7 Å². The smallest absolute Gasteiger partial charge is 0.253 e. The van der Waals surface area contributed by atoms with E-state index in [-0.39, 0.29) is 11.4 Å².